The Kier molecular flexibility index (Phi) is 6.47. The van der Waals surface area contributed by atoms with Gasteiger partial charge in [-0.25, -0.2) is 0 Å². The molecule has 1 atom stereocenters. The average molecular weight is 243 g/mol. The highest BCUT2D eigenvalue weighted by atomic mass is 16.5. The molecule has 0 saturated carbocycles. The van der Waals surface area contributed by atoms with E-state index < -0.39 is 0 Å². The molecule has 1 aliphatic heterocycles. The van der Waals surface area contributed by atoms with Gasteiger partial charge in [0, 0.05) is 13.7 Å². The average Bonchev–Trinajstić information content (AvgIpc) is 2.38. The Morgan fingerprint density at radius 3 is 2.71 bits per heavy atom. The summed E-state index contributed by atoms with van der Waals surface area (Å²) < 4.78 is 4.90. The van der Waals surface area contributed by atoms with Crippen molar-refractivity contribution in [3.05, 3.63) is 0 Å². The molecule has 1 saturated heterocycles. The first-order chi connectivity index (χ1) is 8.19. The second kappa shape index (κ2) is 7.63. The number of ether oxygens (including phenoxy) is 1. The molecular formula is C12H25N3O2. The van der Waals surface area contributed by atoms with E-state index in [-0.39, 0.29) is 11.9 Å². The number of hydrogen-bond donors (Lipinski definition) is 2. The molecule has 17 heavy (non-hydrogen) atoms. The summed E-state index contributed by atoms with van der Waals surface area (Å²) in [6, 6.07) is -0.0504. The fourth-order valence-corrected chi connectivity index (χ4v) is 2.17. The van der Waals surface area contributed by atoms with Crippen LogP contribution in [0.1, 0.15) is 19.8 Å². The van der Waals surface area contributed by atoms with E-state index in [0.717, 1.165) is 32.5 Å². The van der Waals surface area contributed by atoms with Gasteiger partial charge in [-0.1, -0.05) is 0 Å². The van der Waals surface area contributed by atoms with Crippen LogP contribution in [0.15, 0.2) is 0 Å². The van der Waals surface area contributed by atoms with Gasteiger partial charge >= 0.3 is 0 Å². The second-order valence-corrected chi connectivity index (χ2v) is 4.67. The van der Waals surface area contributed by atoms with Crippen LogP contribution in [0.3, 0.4) is 0 Å². The maximum absolute atomic E-state index is 11.8. The normalized spacial score (nSPS) is 20.2. The maximum atomic E-state index is 11.8. The van der Waals surface area contributed by atoms with Crippen molar-refractivity contribution in [3.63, 3.8) is 0 Å². The molecule has 100 valence electrons. The number of carbonyl (C=O) groups is 1. The van der Waals surface area contributed by atoms with Gasteiger partial charge in [-0.15, -0.1) is 0 Å². The highest BCUT2D eigenvalue weighted by Crippen LogP contribution is 2.17. The third-order valence-electron chi connectivity index (χ3n) is 3.52. The van der Waals surface area contributed by atoms with Crippen molar-refractivity contribution in [1.82, 2.24) is 10.2 Å². The fraction of sp³-hybridized carbons (Fsp3) is 0.917. The van der Waals surface area contributed by atoms with Gasteiger partial charge in [0.1, 0.15) is 0 Å². The van der Waals surface area contributed by atoms with Crippen LogP contribution in [0, 0.1) is 5.92 Å². The molecule has 1 unspecified atom stereocenters. The molecular weight excluding hydrogens is 218 g/mol. The minimum Gasteiger partial charge on any atom is -0.383 e. The lowest BCUT2D eigenvalue weighted by molar-refractivity contribution is -0.126. The van der Waals surface area contributed by atoms with Gasteiger partial charge in [0.2, 0.25) is 5.91 Å². The first-order valence-corrected chi connectivity index (χ1v) is 6.39. The molecule has 1 aliphatic rings. The predicted octanol–water partition coefficient (Wildman–Crippen LogP) is -0.192. The minimum atomic E-state index is -0.0504. The van der Waals surface area contributed by atoms with Crippen molar-refractivity contribution >= 4 is 5.91 Å². The Hall–Kier alpha value is -0.650. The summed E-state index contributed by atoms with van der Waals surface area (Å²) in [6.45, 7) is 5.82. The van der Waals surface area contributed by atoms with Crippen LogP contribution >= 0.6 is 0 Å². The van der Waals surface area contributed by atoms with Gasteiger partial charge in [-0.2, -0.15) is 0 Å². The zero-order valence-electron chi connectivity index (χ0n) is 10.9. The van der Waals surface area contributed by atoms with Gasteiger partial charge in [-0.05, 0) is 45.3 Å². The number of nitrogens with one attached hydrogen (secondary N) is 1. The standard InChI is InChI=1S/C12H25N3O2/c1-10(12(16)14-5-8-17-2)15-6-3-11(9-13)4-7-15/h10-11H,3-9,13H2,1-2H3,(H,14,16). The molecule has 1 amide bonds. The first-order valence-electron chi connectivity index (χ1n) is 6.39. The second-order valence-electron chi connectivity index (χ2n) is 4.67. The molecule has 5 heteroatoms. The van der Waals surface area contributed by atoms with Crippen molar-refractivity contribution in [2.75, 3.05) is 39.9 Å². The monoisotopic (exact) mass is 243 g/mol. The molecule has 0 spiro atoms. The molecule has 0 aromatic carbocycles. The number of carbonyl (C=O) groups excluding carboxylic acids is 1. The summed E-state index contributed by atoms with van der Waals surface area (Å²) >= 11 is 0. The predicted molar refractivity (Wildman–Crippen MR) is 67.7 cm³/mol. The van der Waals surface area contributed by atoms with Crippen molar-refractivity contribution in [2.45, 2.75) is 25.8 Å². The van der Waals surface area contributed by atoms with Crippen molar-refractivity contribution < 1.29 is 9.53 Å². The van der Waals surface area contributed by atoms with Gasteiger partial charge in [0.25, 0.3) is 0 Å². The fourth-order valence-electron chi connectivity index (χ4n) is 2.17. The lowest BCUT2D eigenvalue weighted by atomic mass is 9.96. The van der Waals surface area contributed by atoms with Gasteiger partial charge < -0.3 is 15.8 Å². The van der Waals surface area contributed by atoms with Gasteiger partial charge in [0.15, 0.2) is 0 Å². The van der Waals surface area contributed by atoms with Crippen molar-refractivity contribution in [3.8, 4) is 0 Å². The van der Waals surface area contributed by atoms with E-state index in [1.807, 2.05) is 6.92 Å². The Morgan fingerprint density at radius 2 is 2.18 bits per heavy atom. The Labute approximate surface area is 104 Å². The summed E-state index contributed by atoms with van der Waals surface area (Å²) in [5, 5.41) is 2.88. The van der Waals surface area contributed by atoms with E-state index in [0.29, 0.717) is 19.1 Å². The Balaban J connectivity index is 2.27. The van der Waals surface area contributed by atoms with Crippen molar-refractivity contribution in [1.29, 1.82) is 0 Å². The smallest absolute Gasteiger partial charge is 0.237 e. The summed E-state index contributed by atoms with van der Waals surface area (Å²) in [5.41, 5.74) is 5.65. The van der Waals surface area contributed by atoms with Crippen LogP contribution in [0.5, 0.6) is 0 Å². The Morgan fingerprint density at radius 1 is 1.53 bits per heavy atom. The van der Waals surface area contributed by atoms with E-state index >= 15 is 0 Å². The van der Waals surface area contributed by atoms with E-state index in [1.165, 1.54) is 0 Å². The quantitative estimate of drug-likeness (QED) is 0.634. The molecule has 1 fully saturated rings. The van der Waals surface area contributed by atoms with Crippen LogP contribution < -0.4 is 11.1 Å². The summed E-state index contributed by atoms with van der Waals surface area (Å²) in [7, 11) is 1.63. The molecule has 0 aromatic heterocycles. The zero-order valence-corrected chi connectivity index (χ0v) is 10.9. The number of amides is 1. The van der Waals surface area contributed by atoms with E-state index in [2.05, 4.69) is 10.2 Å². The van der Waals surface area contributed by atoms with Crippen LogP contribution in [-0.4, -0.2) is 56.7 Å². The summed E-state index contributed by atoms with van der Waals surface area (Å²) in [6.07, 6.45) is 2.21. The minimum absolute atomic E-state index is 0.0504. The van der Waals surface area contributed by atoms with Crippen molar-refractivity contribution in [2.24, 2.45) is 11.7 Å². The number of piperidine rings is 1. The highest BCUT2D eigenvalue weighted by molar-refractivity contribution is 5.81. The lowest BCUT2D eigenvalue weighted by Crippen LogP contribution is -2.49. The molecule has 0 radical (unpaired) electrons. The molecule has 3 N–H and O–H groups in total. The van der Waals surface area contributed by atoms with E-state index in [1.54, 1.807) is 7.11 Å². The third-order valence-corrected chi connectivity index (χ3v) is 3.52. The van der Waals surface area contributed by atoms with Gasteiger partial charge in [-0.3, -0.25) is 9.69 Å². The molecule has 1 heterocycles. The maximum Gasteiger partial charge on any atom is 0.237 e. The molecule has 0 aromatic rings. The number of nitrogens with two attached hydrogens (primary N) is 1. The van der Waals surface area contributed by atoms with E-state index in [4.69, 9.17) is 10.5 Å². The molecule has 0 bridgehead atoms. The van der Waals surface area contributed by atoms with Crippen LogP contribution in [-0.2, 0) is 9.53 Å². The topological polar surface area (TPSA) is 67.6 Å². The summed E-state index contributed by atoms with van der Waals surface area (Å²) in [5.74, 6) is 0.725. The highest BCUT2D eigenvalue weighted by Gasteiger charge is 2.25. The van der Waals surface area contributed by atoms with E-state index in [9.17, 15) is 4.79 Å². The summed E-state index contributed by atoms with van der Waals surface area (Å²) in [4.78, 5) is 14.1. The zero-order chi connectivity index (χ0) is 12.7. The number of rotatable bonds is 6. The van der Waals surface area contributed by atoms with Gasteiger partial charge in [0.05, 0.1) is 12.6 Å². The van der Waals surface area contributed by atoms with Crippen LogP contribution in [0.2, 0.25) is 0 Å². The Bertz CT molecular complexity index is 228. The molecule has 5 nitrogen and oxygen atoms in total. The number of nitrogens with zero attached hydrogens (tertiary/aromatic N) is 1. The number of hydrogen-bond acceptors (Lipinski definition) is 4. The molecule has 0 aliphatic carbocycles. The number of likely N-dealkylation sites (tertiary alicyclic amines) is 1. The molecule has 1 rings (SSSR count). The largest absolute Gasteiger partial charge is 0.383 e. The third kappa shape index (κ3) is 4.61. The first kappa shape index (κ1) is 14.4. The lowest BCUT2D eigenvalue weighted by Gasteiger charge is -2.34. The van der Waals surface area contributed by atoms with Crippen LogP contribution in [0.4, 0.5) is 0 Å². The number of methoxy groups -OCH3 is 1. The van der Waals surface area contributed by atoms with Crippen LogP contribution in [0.25, 0.3) is 0 Å². The SMILES string of the molecule is COCCNC(=O)C(C)N1CCC(CN)CC1.